The summed E-state index contributed by atoms with van der Waals surface area (Å²) >= 11 is 0. The fourth-order valence-electron chi connectivity index (χ4n) is 2.71. The van der Waals surface area contributed by atoms with Gasteiger partial charge in [-0.1, -0.05) is 6.07 Å². The average molecular weight is 437 g/mol. The number of benzene rings is 2. The van der Waals surface area contributed by atoms with Crippen molar-refractivity contribution in [2.75, 3.05) is 37.5 Å². The van der Waals surface area contributed by atoms with Crippen LogP contribution in [0.2, 0.25) is 0 Å². The topological polar surface area (TPSA) is 133 Å². The highest BCUT2D eigenvalue weighted by Gasteiger charge is 2.18. The van der Waals surface area contributed by atoms with Crippen LogP contribution in [0.25, 0.3) is 0 Å². The standard InChI is InChI=1S/C22H23N5O5/c1-14-5-7-18(16(9-14)11-23)25-26-19-8-6-17(10-20(19)24-15(2)28)27(12-21(29)31-3)13-22(30)32-4/h5-10H,12-13H2,1-4H3,(H,24,28). The Balaban J connectivity index is 2.45. The molecule has 0 aliphatic rings. The van der Waals surface area contributed by atoms with Gasteiger partial charge in [0.1, 0.15) is 30.5 Å². The van der Waals surface area contributed by atoms with E-state index in [4.69, 9.17) is 9.47 Å². The van der Waals surface area contributed by atoms with Crippen molar-refractivity contribution in [3.63, 3.8) is 0 Å². The number of esters is 2. The van der Waals surface area contributed by atoms with Crippen molar-refractivity contribution in [2.24, 2.45) is 10.2 Å². The zero-order chi connectivity index (χ0) is 23.7. The SMILES string of the molecule is COC(=O)CN(CC(=O)OC)c1ccc(N=Nc2ccc(C)cc2C#N)c(NC(C)=O)c1. The summed E-state index contributed by atoms with van der Waals surface area (Å²) < 4.78 is 9.38. The summed E-state index contributed by atoms with van der Waals surface area (Å²) in [4.78, 5) is 36.7. The molecule has 2 aromatic rings. The molecule has 0 saturated heterocycles. The molecular weight excluding hydrogens is 414 g/mol. The molecule has 2 aromatic carbocycles. The Bertz CT molecular complexity index is 1070. The zero-order valence-electron chi connectivity index (χ0n) is 18.2. The van der Waals surface area contributed by atoms with Gasteiger partial charge in [-0.05, 0) is 42.8 Å². The Labute approximate surface area is 185 Å². The highest BCUT2D eigenvalue weighted by molar-refractivity contribution is 5.93. The highest BCUT2D eigenvalue weighted by Crippen LogP contribution is 2.32. The van der Waals surface area contributed by atoms with Crippen LogP contribution in [0.1, 0.15) is 18.1 Å². The van der Waals surface area contributed by atoms with E-state index in [0.29, 0.717) is 28.3 Å². The summed E-state index contributed by atoms with van der Waals surface area (Å²) in [6, 6.07) is 12.0. The monoisotopic (exact) mass is 437 g/mol. The predicted molar refractivity (Wildman–Crippen MR) is 117 cm³/mol. The first-order valence-corrected chi connectivity index (χ1v) is 9.50. The summed E-state index contributed by atoms with van der Waals surface area (Å²) in [6.45, 7) is 2.79. The number of carbonyl (C=O) groups excluding carboxylic acids is 3. The normalized spacial score (nSPS) is 10.3. The van der Waals surface area contributed by atoms with Crippen molar-refractivity contribution in [3.05, 3.63) is 47.5 Å². The van der Waals surface area contributed by atoms with E-state index >= 15 is 0 Å². The van der Waals surface area contributed by atoms with Crippen molar-refractivity contribution in [2.45, 2.75) is 13.8 Å². The molecule has 10 heteroatoms. The van der Waals surface area contributed by atoms with Crippen LogP contribution >= 0.6 is 0 Å². The van der Waals surface area contributed by atoms with Crippen molar-refractivity contribution >= 4 is 40.6 Å². The van der Waals surface area contributed by atoms with E-state index in [9.17, 15) is 19.6 Å². The maximum atomic E-state index is 11.8. The van der Waals surface area contributed by atoms with Crippen LogP contribution in [0.4, 0.5) is 22.7 Å². The molecule has 0 aliphatic heterocycles. The number of amides is 1. The van der Waals surface area contributed by atoms with Crippen LogP contribution in [0.5, 0.6) is 0 Å². The quantitative estimate of drug-likeness (QED) is 0.494. The summed E-state index contributed by atoms with van der Waals surface area (Å²) in [5.74, 6) is -1.46. The average Bonchev–Trinajstić information content (AvgIpc) is 2.77. The summed E-state index contributed by atoms with van der Waals surface area (Å²) in [7, 11) is 2.48. The number of ether oxygens (including phenoxy) is 2. The van der Waals surface area contributed by atoms with Gasteiger partial charge in [0.15, 0.2) is 0 Å². The molecule has 166 valence electrons. The number of hydrogen-bond acceptors (Lipinski definition) is 9. The number of azo groups is 1. The van der Waals surface area contributed by atoms with Gasteiger partial charge in [-0.2, -0.15) is 5.26 Å². The molecule has 0 heterocycles. The molecule has 0 atom stereocenters. The second-order valence-corrected chi connectivity index (χ2v) is 6.72. The van der Waals surface area contributed by atoms with Gasteiger partial charge in [0, 0.05) is 12.6 Å². The lowest BCUT2D eigenvalue weighted by molar-refractivity contribution is -0.140. The number of nitrogens with zero attached hydrogens (tertiary/aromatic N) is 4. The van der Waals surface area contributed by atoms with Crippen LogP contribution < -0.4 is 10.2 Å². The molecule has 1 amide bonds. The first kappa shape index (κ1) is 24.0. The smallest absolute Gasteiger partial charge is 0.325 e. The number of methoxy groups -OCH3 is 2. The van der Waals surface area contributed by atoms with Crippen molar-refractivity contribution in [1.29, 1.82) is 5.26 Å². The van der Waals surface area contributed by atoms with Gasteiger partial charge in [-0.25, -0.2) is 0 Å². The number of hydrogen-bond donors (Lipinski definition) is 1. The minimum Gasteiger partial charge on any atom is -0.468 e. The van der Waals surface area contributed by atoms with Gasteiger partial charge in [-0.15, -0.1) is 10.2 Å². The maximum absolute atomic E-state index is 11.8. The second-order valence-electron chi connectivity index (χ2n) is 6.72. The minimum atomic E-state index is -0.554. The van der Waals surface area contributed by atoms with E-state index in [1.807, 2.05) is 13.0 Å². The number of carbonyl (C=O) groups is 3. The van der Waals surface area contributed by atoms with Crippen molar-refractivity contribution in [3.8, 4) is 6.07 Å². The molecule has 0 spiro atoms. The molecule has 0 bridgehead atoms. The summed E-state index contributed by atoms with van der Waals surface area (Å²) in [5.41, 5.74) is 2.76. The molecule has 2 rings (SSSR count). The summed E-state index contributed by atoms with van der Waals surface area (Å²) in [5, 5.41) is 20.3. The first-order valence-electron chi connectivity index (χ1n) is 9.50. The van der Waals surface area contributed by atoms with E-state index in [0.717, 1.165) is 5.56 Å². The molecule has 0 radical (unpaired) electrons. The van der Waals surface area contributed by atoms with E-state index in [1.165, 1.54) is 26.0 Å². The third-order valence-electron chi connectivity index (χ3n) is 4.29. The van der Waals surface area contributed by atoms with E-state index in [1.54, 1.807) is 30.3 Å². The zero-order valence-corrected chi connectivity index (χ0v) is 18.2. The number of rotatable bonds is 8. The van der Waals surface area contributed by atoms with E-state index in [2.05, 4.69) is 21.6 Å². The minimum absolute atomic E-state index is 0.207. The molecule has 1 N–H and O–H groups in total. The molecule has 0 saturated carbocycles. The van der Waals surface area contributed by atoms with Crippen molar-refractivity contribution < 1.29 is 23.9 Å². The fourth-order valence-corrected chi connectivity index (χ4v) is 2.71. The Hall–Kier alpha value is -4.26. The Morgan fingerprint density at radius 1 is 1.00 bits per heavy atom. The lowest BCUT2D eigenvalue weighted by atomic mass is 10.1. The Morgan fingerprint density at radius 2 is 1.59 bits per heavy atom. The Kier molecular flexibility index (Phi) is 8.42. The largest absolute Gasteiger partial charge is 0.468 e. The second kappa shape index (κ2) is 11.2. The molecule has 0 aliphatic carbocycles. The maximum Gasteiger partial charge on any atom is 0.325 e. The molecule has 10 nitrogen and oxygen atoms in total. The Morgan fingerprint density at radius 3 is 2.16 bits per heavy atom. The van der Waals surface area contributed by atoms with Crippen LogP contribution in [0.3, 0.4) is 0 Å². The third-order valence-corrected chi connectivity index (χ3v) is 4.29. The van der Waals surface area contributed by atoms with Gasteiger partial charge in [0.05, 0.1) is 25.5 Å². The number of aryl methyl sites for hydroxylation is 1. The number of nitrogens with one attached hydrogen (secondary N) is 1. The first-order chi connectivity index (χ1) is 15.3. The highest BCUT2D eigenvalue weighted by atomic mass is 16.5. The van der Waals surface area contributed by atoms with Crippen LogP contribution in [0, 0.1) is 18.3 Å². The number of nitriles is 1. The van der Waals surface area contributed by atoms with Crippen LogP contribution in [-0.4, -0.2) is 45.2 Å². The van der Waals surface area contributed by atoms with Crippen LogP contribution in [-0.2, 0) is 23.9 Å². The van der Waals surface area contributed by atoms with Crippen molar-refractivity contribution in [1.82, 2.24) is 0 Å². The van der Waals surface area contributed by atoms with Crippen LogP contribution in [0.15, 0.2) is 46.6 Å². The number of anilines is 2. The van der Waals surface area contributed by atoms with Gasteiger partial charge in [0.2, 0.25) is 5.91 Å². The van der Waals surface area contributed by atoms with Gasteiger partial charge in [0.25, 0.3) is 0 Å². The third kappa shape index (κ3) is 6.63. The molecule has 0 unspecified atom stereocenters. The fraction of sp³-hybridized carbons (Fsp3) is 0.273. The molecule has 0 aromatic heterocycles. The van der Waals surface area contributed by atoms with Gasteiger partial charge in [-0.3, -0.25) is 14.4 Å². The molecule has 32 heavy (non-hydrogen) atoms. The van der Waals surface area contributed by atoms with E-state index in [-0.39, 0.29) is 19.0 Å². The molecule has 0 fully saturated rings. The van der Waals surface area contributed by atoms with Gasteiger partial charge < -0.3 is 19.7 Å². The van der Waals surface area contributed by atoms with E-state index < -0.39 is 11.9 Å². The summed E-state index contributed by atoms with van der Waals surface area (Å²) in [6.07, 6.45) is 0. The lowest BCUT2D eigenvalue weighted by Gasteiger charge is -2.23. The lowest BCUT2D eigenvalue weighted by Crippen LogP contribution is -2.35. The van der Waals surface area contributed by atoms with Gasteiger partial charge >= 0.3 is 11.9 Å². The molecular formula is C22H23N5O5. The predicted octanol–water partition coefficient (Wildman–Crippen LogP) is 3.39.